The third kappa shape index (κ3) is 3.86. The van der Waals surface area contributed by atoms with Gasteiger partial charge in [0.2, 0.25) is 0 Å². The van der Waals surface area contributed by atoms with Crippen molar-refractivity contribution in [2.45, 2.75) is 12.7 Å². The fourth-order valence-corrected chi connectivity index (χ4v) is 3.93. The van der Waals surface area contributed by atoms with E-state index in [0.717, 1.165) is 17.8 Å². The normalized spacial score (nSPS) is 14.7. The van der Waals surface area contributed by atoms with E-state index in [0.29, 0.717) is 28.4 Å². The third-order valence-electron chi connectivity index (χ3n) is 4.49. The number of aliphatic hydroxyl groups is 1. The standard InChI is InChI=1S/C20H15F3N4OS/c21-20(22,23)13-6-4-12(5-7-13)15-11-29-19(26-15)17-16(28)10-27(18(17)24)9-14-3-1-2-8-25-14/h1-8,11,24,28H,9-10H2. The number of amidine groups is 1. The fourth-order valence-electron chi connectivity index (χ4n) is 3.03. The van der Waals surface area contributed by atoms with Crippen molar-refractivity contribution in [3.63, 3.8) is 0 Å². The topological polar surface area (TPSA) is 73.1 Å². The molecule has 0 saturated carbocycles. The summed E-state index contributed by atoms with van der Waals surface area (Å²) < 4.78 is 38.2. The van der Waals surface area contributed by atoms with Crippen molar-refractivity contribution in [1.82, 2.24) is 14.9 Å². The van der Waals surface area contributed by atoms with Crippen molar-refractivity contribution >= 4 is 22.7 Å². The number of rotatable bonds is 4. The van der Waals surface area contributed by atoms with Gasteiger partial charge in [0, 0.05) is 17.1 Å². The van der Waals surface area contributed by atoms with Crippen LogP contribution in [0, 0.1) is 5.41 Å². The molecular formula is C20H15F3N4OS. The van der Waals surface area contributed by atoms with Crippen LogP contribution >= 0.6 is 11.3 Å². The van der Waals surface area contributed by atoms with Gasteiger partial charge >= 0.3 is 6.18 Å². The Hall–Kier alpha value is -3.20. The van der Waals surface area contributed by atoms with Gasteiger partial charge in [0.05, 0.1) is 35.6 Å². The smallest absolute Gasteiger partial charge is 0.416 e. The number of aromatic nitrogens is 2. The van der Waals surface area contributed by atoms with Gasteiger partial charge in [-0.15, -0.1) is 11.3 Å². The van der Waals surface area contributed by atoms with Gasteiger partial charge in [-0.05, 0) is 24.3 Å². The number of halogens is 3. The molecule has 0 radical (unpaired) electrons. The minimum Gasteiger partial charge on any atom is -0.510 e. The molecule has 3 heterocycles. The van der Waals surface area contributed by atoms with Gasteiger partial charge in [-0.2, -0.15) is 13.2 Å². The largest absolute Gasteiger partial charge is 0.510 e. The molecule has 29 heavy (non-hydrogen) atoms. The van der Waals surface area contributed by atoms with Crippen LogP contribution in [0.1, 0.15) is 16.3 Å². The molecule has 0 atom stereocenters. The molecule has 0 bridgehead atoms. The van der Waals surface area contributed by atoms with Gasteiger partial charge in [0.25, 0.3) is 0 Å². The Bertz CT molecular complexity index is 1080. The zero-order valence-corrected chi connectivity index (χ0v) is 15.8. The van der Waals surface area contributed by atoms with Crippen molar-refractivity contribution in [1.29, 1.82) is 5.41 Å². The Morgan fingerprint density at radius 2 is 1.90 bits per heavy atom. The molecule has 1 aliphatic rings. The van der Waals surface area contributed by atoms with E-state index in [4.69, 9.17) is 5.41 Å². The Labute approximate surface area is 168 Å². The molecule has 3 aromatic rings. The fraction of sp³-hybridized carbons (Fsp3) is 0.150. The van der Waals surface area contributed by atoms with E-state index in [2.05, 4.69) is 9.97 Å². The quantitative estimate of drug-likeness (QED) is 0.629. The zero-order valence-electron chi connectivity index (χ0n) is 14.9. The van der Waals surface area contributed by atoms with Crippen LogP contribution in [0.4, 0.5) is 13.2 Å². The summed E-state index contributed by atoms with van der Waals surface area (Å²) in [5, 5.41) is 20.9. The lowest BCUT2D eigenvalue weighted by atomic mass is 10.1. The number of hydrogen-bond donors (Lipinski definition) is 2. The minimum absolute atomic E-state index is 0.0410. The molecule has 0 fully saturated rings. The lowest BCUT2D eigenvalue weighted by Gasteiger charge is -2.17. The van der Waals surface area contributed by atoms with Crippen LogP contribution in [0.25, 0.3) is 16.8 Å². The number of hydrogen-bond acceptors (Lipinski definition) is 5. The second-order valence-corrected chi connectivity index (χ2v) is 7.32. The number of nitrogens with zero attached hydrogens (tertiary/aromatic N) is 3. The van der Waals surface area contributed by atoms with Crippen molar-refractivity contribution in [2.24, 2.45) is 0 Å². The van der Waals surface area contributed by atoms with E-state index in [1.165, 1.54) is 23.5 Å². The summed E-state index contributed by atoms with van der Waals surface area (Å²) in [7, 11) is 0. The SMILES string of the molecule is N=C1C(c2nc(-c3ccc(C(F)(F)F)cc3)cs2)=C(O)CN1Cc1ccccn1. The first kappa shape index (κ1) is 19.1. The summed E-state index contributed by atoms with van der Waals surface area (Å²) in [5.41, 5.74) is 1.42. The Morgan fingerprint density at radius 1 is 1.14 bits per heavy atom. The van der Waals surface area contributed by atoms with Gasteiger partial charge in [-0.25, -0.2) is 4.98 Å². The van der Waals surface area contributed by atoms with Crippen molar-refractivity contribution < 1.29 is 18.3 Å². The molecule has 0 aliphatic carbocycles. The van der Waals surface area contributed by atoms with E-state index in [-0.39, 0.29) is 18.1 Å². The van der Waals surface area contributed by atoms with Crippen LogP contribution in [0.3, 0.4) is 0 Å². The average molecular weight is 416 g/mol. The lowest BCUT2D eigenvalue weighted by Crippen LogP contribution is -2.26. The monoisotopic (exact) mass is 416 g/mol. The molecule has 9 heteroatoms. The number of benzene rings is 1. The summed E-state index contributed by atoms with van der Waals surface area (Å²) in [6.07, 6.45) is -2.72. The van der Waals surface area contributed by atoms with Gasteiger partial charge in [0.1, 0.15) is 16.6 Å². The van der Waals surface area contributed by atoms with Gasteiger partial charge in [-0.1, -0.05) is 18.2 Å². The molecule has 1 aliphatic heterocycles. The van der Waals surface area contributed by atoms with Crippen LogP contribution < -0.4 is 0 Å². The molecule has 4 rings (SSSR count). The molecule has 0 amide bonds. The van der Waals surface area contributed by atoms with Gasteiger partial charge in [0.15, 0.2) is 0 Å². The second kappa shape index (κ2) is 7.32. The summed E-state index contributed by atoms with van der Waals surface area (Å²) in [4.78, 5) is 10.4. The first-order valence-electron chi connectivity index (χ1n) is 8.62. The highest BCUT2D eigenvalue weighted by atomic mass is 32.1. The van der Waals surface area contributed by atoms with E-state index in [9.17, 15) is 18.3 Å². The van der Waals surface area contributed by atoms with Crippen LogP contribution in [-0.4, -0.2) is 32.4 Å². The van der Waals surface area contributed by atoms with Gasteiger partial charge in [-0.3, -0.25) is 10.4 Å². The number of alkyl halides is 3. The van der Waals surface area contributed by atoms with Crippen LogP contribution in [0.2, 0.25) is 0 Å². The summed E-state index contributed by atoms with van der Waals surface area (Å²) >= 11 is 1.23. The Kier molecular flexibility index (Phi) is 4.83. The lowest BCUT2D eigenvalue weighted by molar-refractivity contribution is -0.137. The molecule has 148 valence electrons. The molecular weight excluding hydrogens is 401 g/mol. The number of nitrogens with one attached hydrogen (secondary N) is 1. The number of thiazole rings is 1. The van der Waals surface area contributed by atoms with E-state index in [1.54, 1.807) is 22.5 Å². The molecule has 0 saturated heterocycles. The third-order valence-corrected chi connectivity index (χ3v) is 5.35. The maximum Gasteiger partial charge on any atom is 0.416 e. The summed E-state index contributed by atoms with van der Waals surface area (Å²) in [6.45, 7) is 0.560. The zero-order chi connectivity index (χ0) is 20.6. The van der Waals surface area contributed by atoms with E-state index >= 15 is 0 Å². The van der Waals surface area contributed by atoms with Crippen LogP contribution in [0.5, 0.6) is 0 Å². The highest BCUT2D eigenvalue weighted by Gasteiger charge is 2.31. The first-order chi connectivity index (χ1) is 13.8. The van der Waals surface area contributed by atoms with Crippen LogP contribution in [0.15, 0.2) is 59.8 Å². The molecule has 5 nitrogen and oxygen atoms in total. The molecule has 0 spiro atoms. The summed E-state index contributed by atoms with van der Waals surface area (Å²) in [5.74, 6) is 0.181. The maximum atomic E-state index is 12.7. The van der Waals surface area contributed by atoms with Crippen molar-refractivity contribution in [3.8, 4) is 11.3 Å². The predicted octanol–water partition coefficient (Wildman–Crippen LogP) is 4.99. The molecule has 0 unspecified atom stereocenters. The highest BCUT2D eigenvalue weighted by molar-refractivity contribution is 7.11. The summed E-state index contributed by atoms with van der Waals surface area (Å²) in [6, 6.07) is 10.3. The van der Waals surface area contributed by atoms with Gasteiger partial charge < -0.3 is 10.0 Å². The van der Waals surface area contributed by atoms with E-state index in [1.807, 2.05) is 12.1 Å². The predicted molar refractivity (Wildman–Crippen MR) is 104 cm³/mol. The van der Waals surface area contributed by atoms with Crippen molar-refractivity contribution in [3.05, 3.63) is 76.1 Å². The molecule has 2 N–H and O–H groups in total. The Balaban J connectivity index is 1.54. The average Bonchev–Trinajstić information content (AvgIpc) is 3.27. The Morgan fingerprint density at radius 3 is 2.55 bits per heavy atom. The highest BCUT2D eigenvalue weighted by Crippen LogP contribution is 2.34. The molecule has 1 aromatic carbocycles. The van der Waals surface area contributed by atoms with E-state index < -0.39 is 11.7 Å². The molecule has 2 aromatic heterocycles. The first-order valence-corrected chi connectivity index (χ1v) is 9.50. The maximum absolute atomic E-state index is 12.7. The van der Waals surface area contributed by atoms with Crippen molar-refractivity contribution in [2.75, 3.05) is 6.54 Å². The number of aliphatic hydroxyl groups excluding tert-OH is 1. The second-order valence-electron chi connectivity index (χ2n) is 6.46. The minimum atomic E-state index is -4.39. The number of pyridine rings is 1. The van der Waals surface area contributed by atoms with Crippen LogP contribution in [-0.2, 0) is 12.7 Å².